The van der Waals surface area contributed by atoms with E-state index in [9.17, 15) is 0 Å². The number of nitrogens with zero attached hydrogens (tertiary/aromatic N) is 4. The molecular weight excluding hydrogens is 1430 g/mol. The van der Waals surface area contributed by atoms with Crippen LogP contribution in [0.2, 0.25) is 0 Å². The van der Waals surface area contributed by atoms with Crippen molar-refractivity contribution in [1.82, 2.24) is 9.13 Å². The lowest BCUT2D eigenvalue weighted by atomic mass is 9.94. The zero-order valence-corrected chi connectivity index (χ0v) is 64.2. The second-order valence-electron chi connectivity index (χ2n) is 30.5. The van der Waals surface area contributed by atoms with E-state index in [0.29, 0.717) is 0 Å². The van der Waals surface area contributed by atoms with Gasteiger partial charge in [0.05, 0.1) is 61.9 Å². The molecule has 0 fully saturated rings. The molecule has 0 atom stereocenters. The Balaban J connectivity index is 0.663. The maximum absolute atomic E-state index is 7.44. The van der Waals surface area contributed by atoms with Crippen LogP contribution in [-0.4, -0.2) is 9.13 Å². The minimum atomic E-state index is 0.806. The number of rotatable bonds is 15. The van der Waals surface area contributed by atoms with Gasteiger partial charge in [0.1, 0.15) is 22.3 Å². The average Bonchev–Trinajstić information content (AvgIpc) is 1.51. The largest absolute Gasteiger partial charge is 0.455 e. The molecule has 0 unspecified atom stereocenters. The molecule has 0 spiro atoms. The molecule has 0 amide bonds. The van der Waals surface area contributed by atoms with E-state index >= 15 is 0 Å². The van der Waals surface area contributed by atoms with Crippen LogP contribution in [0.1, 0.15) is 0 Å². The molecule has 552 valence electrons. The van der Waals surface area contributed by atoms with E-state index < -0.39 is 0 Å². The minimum Gasteiger partial charge on any atom is -0.455 e. The fourth-order valence-corrected chi connectivity index (χ4v) is 18.6. The van der Waals surface area contributed by atoms with Crippen molar-refractivity contribution in [1.29, 1.82) is 0 Å². The molecule has 23 aromatic rings. The molecule has 0 saturated heterocycles. The molecule has 0 aliphatic carbocycles. The molecule has 6 heteroatoms. The Morgan fingerprint density at radius 1 is 0.178 bits per heavy atom. The lowest BCUT2D eigenvalue weighted by Gasteiger charge is -2.32. The third-order valence-corrected chi connectivity index (χ3v) is 24.0. The highest BCUT2D eigenvalue weighted by atomic mass is 16.3. The molecule has 4 aromatic heterocycles. The van der Waals surface area contributed by atoms with Crippen LogP contribution in [0.4, 0.5) is 34.1 Å². The van der Waals surface area contributed by atoms with Crippen molar-refractivity contribution in [3.63, 3.8) is 0 Å². The number of hydrogen-bond donors (Lipinski definition) is 0. The van der Waals surface area contributed by atoms with E-state index in [4.69, 9.17) is 8.83 Å². The molecule has 0 aliphatic heterocycles. The van der Waals surface area contributed by atoms with Crippen molar-refractivity contribution in [2.45, 2.75) is 0 Å². The fourth-order valence-electron chi connectivity index (χ4n) is 18.6. The summed E-state index contributed by atoms with van der Waals surface area (Å²) in [6.07, 6.45) is 0. The van der Waals surface area contributed by atoms with Crippen LogP contribution in [-0.2, 0) is 0 Å². The number of furan rings is 2. The summed E-state index contributed by atoms with van der Waals surface area (Å²) in [5.41, 5.74) is 31.2. The first-order valence-corrected chi connectivity index (χ1v) is 40.4. The van der Waals surface area contributed by atoms with Crippen molar-refractivity contribution in [2.24, 2.45) is 0 Å². The molecule has 118 heavy (non-hydrogen) atoms. The van der Waals surface area contributed by atoms with Crippen molar-refractivity contribution in [3.8, 4) is 89.3 Å². The van der Waals surface area contributed by atoms with Gasteiger partial charge >= 0.3 is 0 Å². The maximum Gasteiger partial charge on any atom is 0.143 e. The summed E-state index contributed by atoms with van der Waals surface area (Å²) >= 11 is 0. The van der Waals surface area contributed by atoms with Gasteiger partial charge in [0, 0.05) is 98.8 Å². The topological polar surface area (TPSA) is 42.6 Å². The molecule has 4 heterocycles. The predicted molar refractivity (Wildman–Crippen MR) is 495 cm³/mol. The normalized spacial score (nSPS) is 11.7. The van der Waals surface area contributed by atoms with Crippen LogP contribution in [0, 0.1) is 0 Å². The zero-order valence-electron chi connectivity index (χ0n) is 64.2. The minimum absolute atomic E-state index is 0.806. The van der Waals surface area contributed by atoms with E-state index in [1.54, 1.807) is 0 Å². The smallest absolute Gasteiger partial charge is 0.143 e. The summed E-state index contributed by atoms with van der Waals surface area (Å²) < 4.78 is 19.2. The van der Waals surface area contributed by atoms with Crippen LogP contribution in [0.25, 0.3) is 188 Å². The molecule has 6 nitrogen and oxygen atoms in total. The van der Waals surface area contributed by atoms with Crippen LogP contribution in [0.15, 0.2) is 446 Å². The lowest BCUT2D eigenvalue weighted by Crippen LogP contribution is -2.14. The second-order valence-corrected chi connectivity index (χ2v) is 30.5. The number of aromatic nitrogens is 2. The van der Waals surface area contributed by atoms with Crippen LogP contribution in [0.5, 0.6) is 0 Å². The Hall–Kier alpha value is -15.8. The first kappa shape index (κ1) is 67.9. The first-order valence-electron chi connectivity index (χ1n) is 40.4. The highest BCUT2D eigenvalue weighted by Crippen LogP contribution is 2.53. The Morgan fingerprint density at radius 3 is 1.10 bits per heavy atom. The van der Waals surface area contributed by atoms with E-state index in [2.05, 4.69) is 450 Å². The van der Waals surface area contributed by atoms with Crippen LogP contribution in [0.3, 0.4) is 0 Å². The van der Waals surface area contributed by atoms with Crippen LogP contribution >= 0.6 is 0 Å². The zero-order chi connectivity index (χ0) is 77.7. The Morgan fingerprint density at radius 2 is 0.534 bits per heavy atom. The molecule has 19 aromatic carbocycles. The van der Waals surface area contributed by atoms with E-state index in [0.717, 1.165) is 195 Å². The standard InChI is InChI=1S/C112H72N4O2/c1-2-30-73(31-3-1)75-62-66-80(67-63-75)113(100-51-19-14-42-89(100)94-45-28-47-96-92-44-16-27-59-109(92)117-111(94)96)99-50-18-7-35-82(99)83-36-12-24-56-105(83)116-106-57-25-13-41-88(106)91-68-64-77(71-108(91)116)78-65-69-93-97-48-29-46-95(112(97)118-110(93)72-78)90-43-15-26-58-107(90)114(98-49-17-6-34-81(98)79-61-60-74-32-4-5-33-76(74)70-79)101-52-20-8-37-84(101)85-38-9-21-53-102(85)115-103-54-22-10-39-86(103)87-40-11-23-55-104(87)115/h1-72H. The monoisotopic (exact) mass is 1500 g/mol. The molecule has 23 rings (SSSR count). The van der Waals surface area contributed by atoms with Gasteiger partial charge in [-0.05, 0) is 142 Å². The SMILES string of the molecule is c1ccc(-c2ccc(N(c3ccccc3-c3ccccc3-n3c4ccccc4c4ccc(-c5ccc6c(c5)oc5c(-c7ccccc7N(c7ccccc7-c7ccc8ccccc8c7)c7ccccc7-c7ccccc7-n7c8ccccc8c8ccccc87)cccc56)cc43)c3ccccc3-c3cccc4c3oc3ccccc34)cc2)cc1. The number of para-hydroxylation sites is 13. The maximum atomic E-state index is 7.44. The van der Waals surface area contributed by atoms with Gasteiger partial charge in [-0.25, -0.2) is 0 Å². The predicted octanol–water partition coefficient (Wildman–Crippen LogP) is 31.4. The van der Waals surface area contributed by atoms with Crippen molar-refractivity contribution in [2.75, 3.05) is 9.80 Å². The van der Waals surface area contributed by atoms with Gasteiger partial charge in [-0.15, -0.1) is 0 Å². The summed E-state index contributed by atoms with van der Waals surface area (Å²) in [6.45, 7) is 0. The van der Waals surface area contributed by atoms with E-state index in [1.807, 2.05) is 6.07 Å². The van der Waals surface area contributed by atoms with Crippen molar-refractivity contribution >= 4 is 132 Å². The van der Waals surface area contributed by atoms with Gasteiger partial charge < -0.3 is 27.8 Å². The summed E-state index contributed by atoms with van der Waals surface area (Å²) in [7, 11) is 0. The highest BCUT2D eigenvalue weighted by Gasteiger charge is 2.29. The fraction of sp³-hybridized carbons (Fsp3) is 0. The molecule has 0 aliphatic rings. The summed E-state index contributed by atoms with van der Waals surface area (Å²) in [6, 6.07) is 159. The Bertz CT molecular complexity index is 7860. The van der Waals surface area contributed by atoms with Gasteiger partial charge in [-0.2, -0.15) is 0 Å². The van der Waals surface area contributed by atoms with Gasteiger partial charge in [-0.3, -0.25) is 0 Å². The van der Waals surface area contributed by atoms with Crippen LogP contribution < -0.4 is 9.80 Å². The van der Waals surface area contributed by atoms with Gasteiger partial charge in [-0.1, -0.05) is 334 Å². The summed E-state index contributed by atoms with van der Waals surface area (Å²) in [5.74, 6) is 0. The molecule has 0 bridgehead atoms. The second kappa shape index (κ2) is 28.1. The number of benzene rings is 19. The molecule has 0 N–H and O–H groups in total. The summed E-state index contributed by atoms with van der Waals surface area (Å²) in [5, 5.41) is 11.4. The number of fused-ring (bicyclic) bond motifs is 13. The third kappa shape index (κ3) is 11.2. The van der Waals surface area contributed by atoms with Gasteiger partial charge in [0.2, 0.25) is 0 Å². The van der Waals surface area contributed by atoms with E-state index in [-0.39, 0.29) is 0 Å². The summed E-state index contributed by atoms with van der Waals surface area (Å²) in [4.78, 5) is 4.94. The van der Waals surface area contributed by atoms with Crippen molar-refractivity contribution in [3.05, 3.63) is 437 Å². The quantitative estimate of drug-likeness (QED) is 0.103. The Labute approximate surface area is 681 Å². The third-order valence-electron chi connectivity index (χ3n) is 24.0. The average molecular weight is 1510 g/mol. The number of anilines is 6. The molecular formula is C112H72N4O2. The first-order chi connectivity index (χ1) is 58.6. The lowest BCUT2D eigenvalue weighted by molar-refractivity contribution is 0.669. The molecule has 0 radical (unpaired) electrons. The van der Waals surface area contributed by atoms with Gasteiger partial charge in [0.15, 0.2) is 0 Å². The number of hydrogen-bond acceptors (Lipinski definition) is 4. The highest BCUT2D eigenvalue weighted by molar-refractivity contribution is 6.16. The van der Waals surface area contributed by atoms with Crippen molar-refractivity contribution < 1.29 is 8.83 Å². The van der Waals surface area contributed by atoms with E-state index in [1.165, 1.54) is 26.9 Å². The molecule has 0 saturated carbocycles. The Kier molecular flexibility index (Phi) is 16.2. The van der Waals surface area contributed by atoms with Gasteiger partial charge in [0.25, 0.3) is 0 Å².